The zero-order chi connectivity index (χ0) is 19.2. The van der Waals surface area contributed by atoms with E-state index in [2.05, 4.69) is 30.9 Å². The van der Waals surface area contributed by atoms with E-state index >= 15 is 0 Å². The van der Waals surface area contributed by atoms with Crippen molar-refractivity contribution in [3.05, 3.63) is 36.0 Å². The topological polar surface area (TPSA) is 136 Å². The highest BCUT2D eigenvalue weighted by atomic mass is 19.1. The number of nitrogens with zero attached hydrogens (tertiary/aromatic N) is 4. The number of anilines is 3. The molecule has 1 saturated carbocycles. The number of rotatable bonds is 5. The first-order valence-electron chi connectivity index (χ1n) is 8.46. The van der Waals surface area contributed by atoms with Gasteiger partial charge in [0.2, 0.25) is 5.95 Å². The molecular formula is C17H18FN7O2. The molecule has 27 heavy (non-hydrogen) atoms. The maximum atomic E-state index is 13.3. The Labute approximate surface area is 154 Å². The van der Waals surface area contributed by atoms with Crippen LogP contribution in [0.15, 0.2) is 24.7 Å². The Kier molecular flexibility index (Phi) is 5.61. The van der Waals surface area contributed by atoms with Crippen LogP contribution in [0.1, 0.15) is 31.2 Å². The van der Waals surface area contributed by atoms with Crippen molar-refractivity contribution in [1.29, 1.82) is 5.26 Å². The minimum absolute atomic E-state index is 0.161. The number of amides is 1. The molecule has 9 nitrogen and oxygen atoms in total. The second-order valence-corrected chi connectivity index (χ2v) is 6.18. The SMILES string of the molecule is N#Cc1cnc(N[C@@H]2CCCC[C@@H]2NC(=O)O)nc1Nc1cncc(F)c1. The van der Waals surface area contributed by atoms with E-state index in [9.17, 15) is 14.4 Å². The van der Waals surface area contributed by atoms with Gasteiger partial charge in [-0.2, -0.15) is 10.2 Å². The van der Waals surface area contributed by atoms with Gasteiger partial charge in [-0.15, -0.1) is 0 Å². The Morgan fingerprint density at radius 2 is 2.04 bits per heavy atom. The van der Waals surface area contributed by atoms with Gasteiger partial charge in [0.25, 0.3) is 0 Å². The Balaban J connectivity index is 1.80. The van der Waals surface area contributed by atoms with Crippen LogP contribution in [0.4, 0.5) is 26.6 Å². The summed E-state index contributed by atoms with van der Waals surface area (Å²) in [6, 6.07) is 2.80. The Hall–Kier alpha value is -3.48. The van der Waals surface area contributed by atoms with Gasteiger partial charge in [0.15, 0.2) is 5.82 Å². The Morgan fingerprint density at radius 1 is 1.26 bits per heavy atom. The molecule has 1 amide bonds. The van der Waals surface area contributed by atoms with Crippen molar-refractivity contribution in [3.8, 4) is 6.07 Å². The van der Waals surface area contributed by atoms with E-state index in [4.69, 9.17) is 5.11 Å². The van der Waals surface area contributed by atoms with Gasteiger partial charge in [-0.05, 0) is 12.8 Å². The van der Waals surface area contributed by atoms with Crippen molar-refractivity contribution in [2.24, 2.45) is 0 Å². The largest absolute Gasteiger partial charge is 0.465 e. The molecule has 0 unspecified atom stereocenters. The first kappa shape index (κ1) is 18.3. The third-order valence-electron chi connectivity index (χ3n) is 4.27. The number of carboxylic acid groups (broad SMARTS) is 1. The van der Waals surface area contributed by atoms with Gasteiger partial charge in [-0.3, -0.25) is 4.98 Å². The van der Waals surface area contributed by atoms with E-state index in [1.54, 1.807) is 0 Å². The van der Waals surface area contributed by atoms with Crippen LogP contribution >= 0.6 is 0 Å². The minimum atomic E-state index is -1.07. The predicted molar refractivity (Wildman–Crippen MR) is 95.1 cm³/mol. The molecule has 10 heteroatoms. The molecule has 0 saturated heterocycles. The summed E-state index contributed by atoms with van der Waals surface area (Å²) in [4.78, 5) is 23.1. The minimum Gasteiger partial charge on any atom is -0.465 e. The van der Waals surface area contributed by atoms with Crippen molar-refractivity contribution < 1.29 is 14.3 Å². The monoisotopic (exact) mass is 371 g/mol. The summed E-state index contributed by atoms with van der Waals surface area (Å²) in [6.45, 7) is 0. The number of nitrogens with one attached hydrogen (secondary N) is 3. The van der Waals surface area contributed by atoms with Crippen LogP contribution in [0.25, 0.3) is 0 Å². The van der Waals surface area contributed by atoms with Crippen LogP contribution < -0.4 is 16.0 Å². The summed E-state index contributed by atoms with van der Waals surface area (Å²) in [6.07, 6.45) is 6.16. The van der Waals surface area contributed by atoms with Crippen molar-refractivity contribution in [2.75, 3.05) is 10.6 Å². The molecule has 3 rings (SSSR count). The summed E-state index contributed by atoms with van der Waals surface area (Å²) in [5.74, 6) is -0.0541. The van der Waals surface area contributed by atoms with Crippen LogP contribution in [0, 0.1) is 17.1 Å². The van der Waals surface area contributed by atoms with Gasteiger partial charge in [-0.1, -0.05) is 12.8 Å². The summed E-state index contributed by atoms with van der Waals surface area (Å²) in [7, 11) is 0. The van der Waals surface area contributed by atoms with E-state index in [0.717, 1.165) is 31.9 Å². The number of pyridine rings is 1. The maximum absolute atomic E-state index is 13.3. The standard InChI is InChI=1S/C17H18FN7O2/c18-11-5-12(9-20-8-11)22-15-10(6-19)7-21-16(25-15)23-13-3-1-2-4-14(13)24-17(26)27/h5,7-9,13-14,24H,1-4H2,(H,26,27)(H2,21,22,23,25)/t13-,14+/m1/s1. The smallest absolute Gasteiger partial charge is 0.404 e. The Morgan fingerprint density at radius 3 is 2.74 bits per heavy atom. The molecule has 4 N–H and O–H groups in total. The number of halogens is 1. The molecule has 0 spiro atoms. The third kappa shape index (κ3) is 4.78. The Bertz CT molecular complexity index is 871. The van der Waals surface area contributed by atoms with Crippen LogP contribution in [0.5, 0.6) is 0 Å². The van der Waals surface area contributed by atoms with E-state index in [0.29, 0.717) is 5.69 Å². The number of hydrogen-bond acceptors (Lipinski definition) is 7. The van der Waals surface area contributed by atoms with Crippen LogP contribution in [-0.4, -0.2) is 38.2 Å². The first-order chi connectivity index (χ1) is 13.0. The molecule has 2 heterocycles. The summed E-state index contributed by atoms with van der Waals surface area (Å²) in [5, 5.41) is 26.8. The van der Waals surface area contributed by atoms with Gasteiger partial charge in [-0.25, -0.2) is 14.2 Å². The third-order valence-corrected chi connectivity index (χ3v) is 4.27. The molecule has 1 aliphatic carbocycles. The quantitative estimate of drug-likeness (QED) is 0.630. The van der Waals surface area contributed by atoms with Crippen molar-refractivity contribution >= 4 is 23.5 Å². The van der Waals surface area contributed by atoms with Crippen LogP contribution in [0.2, 0.25) is 0 Å². The predicted octanol–water partition coefficient (Wildman–Crippen LogP) is 2.62. The van der Waals surface area contributed by atoms with Gasteiger partial charge in [0.1, 0.15) is 17.4 Å². The number of carbonyl (C=O) groups is 1. The highest BCUT2D eigenvalue weighted by Gasteiger charge is 2.27. The maximum Gasteiger partial charge on any atom is 0.404 e. The highest BCUT2D eigenvalue weighted by Crippen LogP contribution is 2.23. The first-order valence-corrected chi connectivity index (χ1v) is 8.46. The lowest BCUT2D eigenvalue weighted by Gasteiger charge is -2.32. The summed E-state index contributed by atoms with van der Waals surface area (Å²) in [5.41, 5.74) is 0.535. The van der Waals surface area contributed by atoms with E-state index < -0.39 is 11.9 Å². The second kappa shape index (κ2) is 8.27. The number of nitriles is 1. The van der Waals surface area contributed by atoms with E-state index in [-0.39, 0.29) is 29.4 Å². The fraction of sp³-hybridized carbons (Fsp3) is 0.353. The molecule has 0 bridgehead atoms. The molecule has 0 aromatic carbocycles. The fourth-order valence-electron chi connectivity index (χ4n) is 3.05. The lowest BCUT2D eigenvalue weighted by Crippen LogP contribution is -2.48. The zero-order valence-electron chi connectivity index (χ0n) is 14.3. The van der Waals surface area contributed by atoms with Gasteiger partial charge in [0, 0.05) is 12.1 Å². The van der Waals surface area contributed by atoms with Crippen molar-refractivity contribution in [3.63, 3.8) is 0 Å². The van der Waals surface area contributed by atoms with Crippen molar-refractivity contribution in [2.45, 2.75) is 37.8 Å². The summed E-state index contributed by atoms with van der Waals surface area (Å²) < 4.78 is 13.3. The van der Waals surface area contributed by atoms with E-state index in [1.165, 1.54) is 18.5 Å². The van der Waals surface area contributed by atoms with E-state index in [1.807, 2.05) is 6.07 Å². The number of aromatic nitrogens is 3. The average Bonchev–Trinajstić information content (AvgIpc) is 2.63. The molecule has 2 aromatic heterocycles. The lowest BCUT2D eigenvalue weighted by molar-refractivity contribution is 0.184. The highest BCUT2D eigenvalue weighted by molar-refractivity contribution is 5.65. The van der Waals surface area contributed by atoms with Gasteiger partial charge < -0.3 is 21.1 Å². The molecule has 2 atom stereocenters. The molecule has 1 fully saturated rings. The average molecular weight is 371 g/mol. The molecule has 140 valence electrons. The molecule has 1 aliphatic rings. The molecule has 2 aromatic rings. The van der Waals surface area contributed by atoms with Gasteiger partial charge in [0.05, 0.1) is 30.3 Å². The zero-order valence-corrected chi connectivity index (χ0v) is 14.3. The second-order valence-electron chi connectivity index (χ2n) is 6.18. The molecule has 0 aliphatic heterocycles. The fourth-order valence-corrected chi connectivity index (χ4v) is 3.05. The van der Waals surface area contributed by atoms with Crippen molar-refractivity contribution in [1.82, 2.24) is 20.3 Å². The van der Waals surface area contributed by atoms with Crippen LogP contribution in [-0.2, 0) is 0 Å². The van der Waals surface area contributed by atoms with Crippen LogP contribution in [0.3, 0.4) is 0 Å². The lowest BCUT2D eigenvalue weighted by atomic mass is 9.90. The number of hydrogen-bond donors (Lipinski definition) is 4. The normalized spacial score (nSPS) is 19.0. The molecular weight excluding hydrogens is 353 g/mol. The summed E-state index contributed by atoms with van der Waals surface area (Å²) >= 11 is 0. The molecule has 0 radical (unpaired) electrons. The van der Waals surface area contributed by atoms with Gasteiger partial charge >= 0.3 is 6.09 Å².